The normalized spacial score (nSPS) is 17.3. The monoisotopic (exact) mass is 397 g/mol. The predicted molar refractivity (Wildman–Crippen MR) is 108 cm³/mol. The first-order chi connectivity index (χ1) is 12.6. The number of ether oxygens (including phenoxy) is 2. The number of amides is 1. The number of thiophene rings is 1. The van der Waals surface area contributed by atoms with Crippen LogP contribution in [0.3, 0.4) is 0 Å². The molecule has 7 nitrogen and oxygen atoms in total. The van der Waals surface area contributed by atoms with Gasteiger partial charge in [-0.1, -0.05) is 0 Å². The van der Waals surface area contributed by atoms with Crippen LogP contribution in [-0.2, 0) is 26.2 Å². The molecule has 0 unspecified atom stereocenters. The Morgan fingerprint density at radius 1 is 1.26 bits per heavy atom. The Kier molecular flexibility index (Phi) is 7.02. The first-order valence-corrected chi connectivity index (χ1v) is 10.0. The molecule has 1 aliphatic heterocycles. The van der Waals surface area contributed by atoms with Gasteiger partial charge in [0.25, 0.3) is 0 Å². The molecule has 8 heteroatoms. The van der Waals surface area contributed by atoms with Gasteiger partial charge in [0.1, 0.15) is 5.00 Å². The van der Waals surface area contributed by atoms with Crippen molar-refractivity contribution in [1.82, 2.24) is 10.6 Å². The van der Waals surface area contributed by atoms with Crippen molar-refractivity contribution in [3.63, 3.8) is 0 Å². The number of hydrogen-bond donors (Lipinski definition) is 3. The van der Waals surface area contributed by atoms with Crippen molar-refractivity contribution < 1.29 is 19.1 Å². The lowest BCUT2D eigenvalue weighted by Gasteiger charge is -2.42. The zero-order valence-corrected chi connectivity index (χ0v) is 17.9. The average molecular weight is 398 g/mol. The third-order valence-electron chi connectivity index (χ3n) is 4.35. The third-order valence-corrected chi connectivity index (χ3v) is 5.82. The number of esters is 1. The molecule has 1 aromatic heterocycles. The largest absolute Gasteiger partial charge is 0.462 e. The summed E-state index contributed by atoms with van der Waals surface area (Å²) in [6, 6.07) is 0. The lowest BCUT2D eigenvalue weighted by Crippen LogP contribution is -2.55. The zero-order valence-electron chi connectivity index (χ0n) is 17.1. The minimum absolute atomic E-state index is 0.154. The van der Waals surface area contributed by atoms with Crippen LogP contribution in [0, 0.1) is 0 Å². The Balaban J connectivity index is 2.33. The van der Waals surface area contributed by atoms with Gasteiger partial charge in [0.05, 0.1) is 25.3 Å². The van der Waals surface area contributed by atoms with Gasteiger partial charge < -0.3 is 25.4 Å². The van der Waals surface area contributed by atoms with Crippen LogP contribution >= 0.6 is 11.3 Å². The fraction of sp³-hybridized carbons (Fsp3) is 0.684. The second-order valence-electron chi connectivity index (χ2n) is 7.86. The number of fused-ring (bicyclic) bond motifs is 1. The number of rotatable bonds is 8. The molecule has 0 atom stereocenters. The maximum Gasteiger partial charge on any atom is 0.341 e. The minimum atomic E-state index is -0.383. The van der Waals surface area contributed by atoms with E-state index >= 15 is 0 Å². The van der Waals surface area contributed by atoms with E-state index in [9.17, 15) is 9.59 Å². The Morgan fingerprint density at radius 3 is 2.59 bits per heavy atom. The summed E-state index contributed by atoms with van der Waals surface area (Å²) in [5.41, 5.74) is 0.990. The van der Waals surface area contributed by atoms with Crippen molar-refractivity contribution in [2.45, 2.75) is 52.1 Å². The maximum atomic E-state index is 12.7. The minimum Gasteiger partial charge on any atom is -0.462 e. The van der Waals surface area contributed by atoms with Crippen LogP contribution in [0.1, 0.15) is 55.4 Å². The quantitative estimate of drug-likeness (QED) is 0.461. The molecule has 27 heavy (non-hydrogen) atoms. The Morgan fingerprint density at radius 2 is 1.96 bits per heavy atom. The lowest BCUT2D eigenvalue weighted by atomic mass is 9.81. The van der Waals surface area contributed by atoms with Gasteiger partial charge in [-0.3, -0.25) is 4.79 Å². The van der Waals surface area contributed by atoms with Gasteiger partial charge in [-0.2, -0.15) is 0 Å². The van der Waals surface area contributed by atoms with Crippen LogP contribution in [-0.4, -0.2) is 50.8 Å². The molecule has 0 aliphatic carbocycles. The fourth-order valence-electron chi connectivity index (χ4n) is 3.58. The third kappa shape index (κ3) is 5.28. The summed E-state index contributed by atoms with van der Waals surface area (Å²) in [6.45, 7) is 11.8. The Bertz CT molecular complexity index is 697. The molecule has 2 heterocycles. The molecule has 0 fully saturated rings. The molecule has 1 amide bonds. The van der Waals surface area contributed by atoms with Gasteiger partial charge in [0, 0.05) is 29.6 Å². The molecule has 0 saturated carbocycles. The van der Waals surface area contributed by atoms with E-state index in [2.05, 4.69) is 43.6 Å². The van der Waals surface area contributed by atoms with Crippen LogP contribution in [0.15, 0.2) is 0 Å². The molecule has 0 aromatic carbocycles. The van der Waals surface area contributed by atoms with Crippen molar-refractivity contribution in [3.8, 4) is 0 Å². The number of hydrogen-bond acceptors (Lipinski definition) is 7. The molecule has 0 bridgehead atoms. The second kappa shape index (κ2) is 8.68. The molecule has 0 radical (unpaired) electrons. The fourth-order valence-corrected chi connectivity index (χ4v) is 4.86. The SMILES string of the molecule is CCOC(=O)c1c(NC(=O)CNCCOC)sc2c1CC(C)(C)NC2(C)C. The van der Waals surface area contributed by atoms with Crippen molar-refractivity contribution in [1.29, 1.82) is 0 Å². The van der Waals surface area contributed by atoms with Gasteiger partial charge >= 0.3 is 5.97 Å². The number of carbonyl (C=O) groups excluding carboxylic acids is 2. The van der Waals surface area contributed by atoms with Crippen molar-refractivity contribution in [3.05, 3.63) is 16.0 Å². The standard InChI is InChI=1S/C19H31N3O4S/c1-7-26-17(24)14-12-10-18(2,3)22-19(4,5)15(12)27-16(14)21-13(23)11-20-8-9-25-6/h20,22H,7-11H2,1-6H3,(H,21,23). The van der Waals surface area contributed by atoms with Crippen molar-refractivity contribution >= 4 is 28.2 Å². The molecular formula is C19H31N3O4S. The van der Waals surface area contributed by atoms with Gasteiger partial charge in [-0.25, -0.2) is 4.79 Å². The summed E-state index contributed by atoms with van der Waals surface area (Å²) < 4.78 is 10.2. The highest BCUT2D eigenvalue weighted by Gasteiger charge is 2.42. The van der Waals surface area contributed by atoms with Crippen LogP contribution in [0.25, 0.3) is 0 Å². The highest BCUT2D eigenvalue weighted by atomic mass is 32.1. The molecule has 2 rings (SSSR count). The topological polar surface area (TPSA) is 88.7 Å². The number of nitrogens with one attached hydrogen (secondary N) is 3. The van der Waals surface area contributed by atoms with Gasteiger partial charge in [-0.05, 0) is 46.6 Å². The van der Waals surface area contributed by atoms with E-state index in [1.807, 2.05) is 0 Å². The first-order valence-electron chi connectivity index (χ1n) is 9.23. The van der Waals surface area contributed by atoms with Crippen LogP contribution in [0.5, 0.6) is 0 Å². The van der Waals surface area contributed by atoms with E-state index in [0.717, 1.165) is 10.4 Å². The van der Waals surface area contributed by atoms with E-state index in [1.54, 1.807) is 14.0 Å². The van der Waals surface area contributed by atoms with Crippen LogP contribution in [0.4, 0.5) is 5.00 Å². The van der Waals surface area contributed by atoms with E-state index in [1.165, 1.54) is 11.3 Å². The average Bonchev–Trinajstić information content (AvgIpc) is 2.88. The van der Waals surface area contributed by atoms with Gasteiger partial charge in [-0.15, -0.1) is 11.3 Å². The number of methoxy groups -OCH3 is 1. The van der Waals surface area contributed by atoms with Crippen molar-refractivity contribution in [2.75, 3.05) is 38.7 Å². The molecule has 152 valence electrons. The summed E-state index contributed by atoms with van der Waals surface area (Å²) in [5.74, 6) is -0.577. The van der Waals surface area contributed by atoms with Gasteiger partial charge in [0.2, 0.25) is 5.91 Å². The lowest BCUT2D eigenvalue weighted by molar-refractivity contribution is -0.115. The molecule has 1 aromatic rings. The zero-order chi connectivity index (χ0) is 20.2. The second-order valence-corrected chi connectivity index (χ2v) is 8.88. The Labute approximate surface area is 165 Å². The van der Waals surface area contributed by atoms with E-state index in [0.29, 0.717) is 36.7 Å². The maximum absolute atomic E-state index is 12.7. The van der Waals surface area contributed by atoms with Crippen molar-refractivity contribution in [2.24, 2.45) is 0 Å². The summed E-state index contributed by atoms with van der Waals surface area (Å²) in [4.78, 5) is 26.1. The number of anilines is 1. The first kappa shape index (κ1) is 21.8. The molecule has 0 saturated heterocycles. The molecule has 0 spiro atoms. The predicted octanol–water partition coefficient (Wildman–Crippen LogP) is 2.26. The van der Waals surface area contributed by atoms with E-state index in [4.69, 9.17) is 9.47 Å². The summed E-state index contributed by atoms with van der Waals surface area (Å²) in [6.07, 6.45) is 0.693. The smallest absolute Gasteiger partial charge is 0.341 e. The highest BCUT2D eigenvalue weighted by molar-refractivity contribution is 7.17. The summed E-state index contributed by atoms with van der Waals surface area (Å²) in [7, 11) is 1.61. The molecule has 1 aliphatic rings. The Hall–Kier alpha value is -1.48. The van der Waals surface area contributed by atoms with Gasteiger partial charge in [0.15, 0.2) is 0 Å². The van der Waals surface area contributed by atoms with Crippen LogP contribution in [0.2, 0.25) is 0 Å². The summed E-state index contributed by atoms with van der Waals surface area (Å²) >= 11 is 1.45. The van der Waals surface area contributed by atoms with E-state index < -0.39 is 0 Å². The number of carbonyl (C=O) groups is 2. The molecular weight excluding hydrogens is 366 g/mol. The summed E-state index contributed by atoms with van der Waals surface area (Å²) in [5, 5.41) is 10.1. The van der Waals surface area contributed by atoms with E-state index in [-0.39, 0.29) is 29.5 Å². The molecule has 3 N–H and O–H groups in total. The highest BCUT2D eigenvalue weighted by Crippen LogP contribution is 2.45. The van der Waals surface area contributed by atoms with Crippen LogP contribution < -0.4 is 16.0 Å².